The van der Waals surface area contributed by atoms with Crippen molar-refractivity contribution in [3.8, 4) is 0 Å². The smallest absolute Gasteiger partial charge is 0.335 e. The first-order valence-electron chi connectivity index (χ1n) is 10.0. The molecule has 3 aromatic rings. The van der Waals surface area contributed by atoms with Gasteiger partial charge < -0.3 is 15.2 Å². The molecule has 0 aliphatic carbocycles. The second-order valence-electron chi connectivity index (χ2n) is 8.20. The molecule has 0 aliphatic rings. The average molecular weight is 413 g/mol. The van der Waals surface area contributed by atoms with E-state index in [-0.39, 0.29) is 11.5 Å². The van der Waals surface area contributed by atoms with Gasteiger partial charge in [0, 0.05) is 13.0 Å². The van der Waals surface area contributed by atoms with Crippen LogP contribution in [0.25, 0.3) is 16.7 Å². The van der Waals surface area contributed by atoms with E-state index in [4.69, 9.17) is 4.74 Å². The summed E-state index contributed by atoms with van der Waals surface area (Å²) in [6.07, 6.45) is 2.91. The minimum atomic E-state index is -0.996. The lowest BCUT2D eigenvalue weighted by Gasteiger charge is -2.19. The van der Waals surface area contributed by atoms with Gasteiger partial charge in [-0.1, -0.05) is 6.42 Å². The van der Waals surface area contributed by atoms with Gasteiger partial charge in [0.25, 0.3) is 0 Å². The van der Waals surface area contributed by atoms with Gasteiger partial charge in [-0.15, -0.1) is 10.2 Å². The maximum Gasteiger partial charge on any atom is 0.335 e. The summed E-state index contributed by atoms with van der Waals surface area (Å²) in [4.78, 5) is 27.7. The first kappa shape index (κ1) is 21.5. The number of fused-ring (bicyclic) bond motifs is 3. The Balaban J connectivity index is 1.65. The molecule has 2 aromatic heterocycles. The Morgan fingerprint density at radius 3 is 2.63 bits per heavy atom. The maximum atomic E-state index is 11.7. The molecule has 3 rings (SSSR count). The number of benzene rings is 1. The highest BCUT2D eigenvalue weighted by Crippen LogP contribution is 2.23. The van der Waals surface area contributed by atoms with E-state index < -0.39 is 11.6 Å². The lowest BCUT2D eigenvalue weighted by Crippen LogP contribution is -2.23. The van der Waals surface area contributed by atoms with Crippen LogP contribution in [-0.2, 0) is 9.53 Å². The number of carboxylic acids is 1. The summed E-state index contributed by atoms with van der Waals surface area (Å²) in [6.45, 7) is 8.07. The van der Waals surface area contributed by atoms with Gasteiger partial charge in [-0.05, 0) is 58.7 Å². The summed E-state index contributed by atoms with van der Waals surface area (Å²) < 4.78 is 7.11. The van der Waals surface area contributed by atoms with Crippen molar-refractivity contribution < 1.29 is 19.4 Å². The Morgan fingerprint density at radius 2 is 1.93 bits per heavy atom. The summed E-state index contributed by atoms with van der Waals surface area (Å²) in [7, 11) is 0. The second-order valence-corrected chi connectivity index (χ2v) is 8.20. The first-order chi connectivity index (χ1) is 14.2. The van der Waals surface area contributed by atoms with Gasteiger partial charge in [0.2, 0.25) is 5.65 Å². The van der Waals surface area contributed by atoms with E-state index in [2.05, 4.69) is 20.5 Å². The predicted molar refractivity (Wildman–Crippen MR) is 113 cm³/mol. The Kier molecular flexibility index (Phi) is 6.19. The molecule has 9 heteroatoms. The van der Waals surface area contributed by atoms with Gasteiger partial charge in [0.05, 0.1) is 16.6 Å². The van der Waals surface area contributed by atoms with Gasteiger partial charge in [0.1, 0.15) is 11.4 Å². The van der Waals surface area contributed by atoms with Crippen LogP contribution in [0.15, 0.2) is 18.2 Å². The van der Waals surface area contributed by atoms with E-state index in [1.54, 1.807) is 16.5 Å². The Hall–Kier alpha value is -3.23. The van der Waals surface area contributed by atoms with Gasteiger partial charge in [-0.3, -0.25) is 9.20 Å². The fourth-order valence-electron chi connectivity index (χ4n) is 3.19. The minimum absolute atomic E-state index is 0.173. The molecule has 30 heavy (non-hydrogen) atoms. The van der Waals surface area contributed by atoms with Gasteiger partial charge >= 0.3 is 11.9 Å². The molecule has 160 valence electrons. The molecular weight excluding hydrogens is 386 g/mol. The highest BCUT2D eigenvalue weighted by Gasteiger charge is 2.16. The summed E-state index contributed by atoms with van der Waals surface area (Å²) in [5, 5.41) is 20.9. The van der Waals surface area contributed by atoms with Crippen molar-refractivity contribution in [3.05, 3.63) is 29.6 Å². The third-order valence-electron chi connectivity index (χ3n) is 4.50. The number of ether oxygens (including phenoxy) is 1. The number of anilines is 1. The molecule has 0 saturated heterocycles. The van der Waals surface area contributed by atoms with Crippen LogP contribution in [0.5, 0.6) is 0 Å². The van der Waals surface area contributed by atoms with E-state index in [0.29, 0.717) is 41.3 Å². The normalized spacial score (nSPS) is 11.7. The van der Waals surface area contributed by atoms with Crippen LogP contribution in [-0.4, -0.2) is 48.8 Å². The van der Waals surface area contributed by atoms with Crippen molar-refractivity contribution in [2.24, 2.45) is 0 Å². The fourth-order valence-corrected chi connectivity index (χ4v) is 3.19. The molecule has 0 atom stereocenters. The monoisotopic (exact) mass is 413 g/mol. The van der Waals surface area contributed by atoms with Crippen molar-refractivity contribution in [1.29, 1.82) is 0 Å². The van der Waals surface area contributed by atoms with E-state index in [9.17, 15) is 14.7 Å². The van der Waals surface area contributed by atoms with Crippen LogP contribution in [0, 0.1) is 6.92 Å². The molecule has 0 saturated carbocycles. The summed E-state index contributed by atoms with van der Waals surface area (Å²) in [6, 6.07) is 4.79. The Morgan fingerprint density at radius 1 is 1.17 bits per heavy atom. The third kappa shape index (κ3) is 5.03. The van der Waals surface area contributed by atoms with Crippen molar-refractivity contribution in [2.75, 3.05) is 11.9 Å². The van der Waals surface area contributed by atoms with Crippen LogP contribution in [0.3, 0.4) is 0 Å². The lowest BCUT2D eigenvalue weighted by molar-refractivity contribution is -0.154. The standard InChI is InChI=1S/C21H27N5O4/c1-13-24-25-19-18(22-11-7-5-6-8-17(27)30-21(2,3)4)23-15-10-9-14(20(28)29)12-16(15)26(13)19/h9-10,12H,5-8,11H2,1-4H3,(H,22,23)(H,28,29). The third-order valence-corrected chi connectivity index (χ3v) is 4.50. The van der Waals surface area contributed by atoms with Gasteiger partial charge in [0.15, 0.2) is 5.82 Å². The molecule has 0 aliphatic heterocycles. The van der Waals surface area contributed by atoms with Crippen molar-refractivity contribution in [2.45, 2.75) is 59.0 Å². The number of aromatic carboxylic acids is 1. The maximum absolute atomic E-state index is 11.7. The molecule has 0 spiro atoms. The zero-order valence-corrected chi connectivity index (χ0v) is 17.7. The molecule has 0 amide bonds. The molecule has 0 radical (unpaired) electrons. The fraction of sp³-hybridized carbons (Fsp3) is 0.476. The number of aryl methyl sites for hydroxylation is 1. The van der Waals surface area contributed by atoms with E-state index in [0.717, 1.165) is 19.3 Å². The number of aromatic nitrogens is 4. The summed E-state index contributed by atoms with van der Waals surface area (Å²) >= 11 is 0. The van der Waals surface area contributed by atoms with Crippen molar-refractivity contribution >= 4 is 34.4 Å². The molecule has 0 bridgehead atoms. The topological polar surface area (TPSA) is 119 Å². The Labute approximate surface area is 174 Å². The molecule has 0 fully saturated rings. The van der Waals surface area contributed by atoms with Crippen molar-refractivity contribution in [1.82, 2.24) is 19.6 Å². The van der Waals surface area contributed by atoms with E-state index in [1.165, 1.54) is 6.07 Å². The number of nitrogens with zero attached hydrogens (tertiary/aromatic N) is 4. The van der Waals surface area contributed by atoms with E-state index in [1.807, 2.05) is 27.7 Å². The highest BCUT2D eigenvalue weighted by atomic mass is 16.6. The average Bonchev–Trinajstić information content (AvgIpc) is 3.05. The van der Waals surface area contributed by atoms with Crippen molar-refractivity contribution in [3.63, 3.8) is 0 Å². The van der Waals surface area contributed by atoms with Crippen LogP contribution >= 0.6 is 0 Å². The lowest BCUT2D eigenvalue weighted by atomic mass is 10.1. The number of rotatable bonds is 8. The van der Waals surface area contributed by atoms with Crippen LogP contribution < -0.4 is 5.32 Å². The molecular formula is C21H27N5O4. The van der Waals surface area contributed by atoms with E-state index >= 15 is 0 Å². The molecule has 0 unspecified atom stereocenters. The molecule has 2 heterocycles. The number of carbonyl (C=O) groups excluding carboxylic acids is 1. The zero-order chi connectivity index (χ0) is 21.9. The number of hydrogen-bond acceptors (Lipinski definition) is 7. The first-order valence-corrected chi connectivity index (χ1v) is 10.0. The molecule has 9 nitrogen and oxygen atoms in total. The number of unbranched alkanes of at least 4 members (excludes halogenated alkanes) is 2. The van der Waals surface area contributed by atoms with Crippen LogP contribution in [0.2, 0.25) is 0 Å². The number of carbonyl (C=O) groups is 2. The van der Waals surface area contributed by atoms with Crippen LogP contribution in [0.4, 0.5) is 5.82 Å². The van der Waals surface area contributed by atoms with Gasteiger partial charge in [-0.2, -0.15) is 0 Å². The predicted octanol–water partition coefficient (Wildman–Crippen LogP) is 3.60. The van der Waals surface area contributed by atoms with Gasteiger partial charge in [-0.25, -0.2) is 9.78 Å². The number of carboxylic acid groups (broad SMARTS) is 1. The number of nitrogens with one attached hydrogen (secondary N) is 1. The molecule has 1 aromatic carbocycles. The highest BCUT2D eigenvalue weighted by molar-refractivity contribution is 5.93. The summed E-state index contributed by atoms with van der Waals surface area (Å²) in [5.41, 5.74) is 1.59. The quantitative estimate of drug-likeness (QED) is 0.425. The molecule has 2 N–H and O–H groups in total. The largest absolute Gasteiger partial charge is 0.478 e. The van der Waals surface area contributed by atoms with Crippen LogP contribution in [0.1, 0.15) is 62.6 Å². The zero-order valence-electron chi connectivity index (χ0n) is 17.7. The number of esters is 1. The minimum Gasteiger partial charge on any atom is -0.478 e. The number of hydrogen-bond donors (Lipinski definition) is 2. The second kappa shape index (κ2) is 8.64. The SMILES string of the molecule is Cc1nnc2c(NCCCCCC(=O)OC(C)(C)C)nc3ccc(C(=O)O)cc3n12. The Bertz CT molecular complexity index is 1080. The summed E-state index contributed by atoms with van der Waals surface area (Å²) in [5.74, 6) is 0.0797.